The predicted octanol–water partition coefficient (Wildman–Crippen LogP) is 3.55. The molecular formula is C27H37N3O5S. The number of rotatable bonds is 10. The number of nitrogens with zero attached hydrogens (tertiary/aromatic N) is 2. The Bertz CT molecular complexity index is 1190. The molecule has 36 heavy (non-hydrogen) atoms. The van der Waals surface area contributed by atoms with Gasteiger partial charge in [-0.3, -0.25) is 13.9 Å². The minimum atomic E-state index is -3.83. The fraction of sp³-hybridized carbons (Fsp3) is 0.481. The van der Waals surface area contributed by atoms with Crippen LogP contribution < -0.4 is 14.4 Å². The predicted molar refractivity (Wildman–Crippen MR) is 142 cm³/mol. The highest BCUT2D eigenvalue weighted by Crippen LogP contribution is 2.31. The van der Waals surface area contributed by atoms with Crippen LogP contribution >= 0.6 is 0 Å². The van der Waals surface area contributed by atoms with Gasteiger partial charge >= 0.3 is 0 Å². The maximum absolute atomic E-state index is 13.7. The molecule has 196 valence electrons. The molecule has 0 radical (unpaired) electrons. The van der Waals surface area contributed by atoms with Crippen molar-refractivity contribution in [2.75, 3.05) is 24.2 Å². The lowest BCUT2D eigenvalue weighted by Gasteiger charge is -2.32. The van der Waals surface area contributed by atoms with Crippen LogP contribution in [-0.2, 0) is 26.2 Å². The number of carbonyl (C=O) groups excluding carboxylic acids is 2. The van der Waals surface area contributed by atoms with E-state index >= 15 is 0 Å². The maximum atomic E-state index is 13.7. The van der Waals surface area contributed by atoms with Crippen LogP contribution in [0.15, 0.2) is 42.5 Å². The average molecular weight is 516 g/mol. The number of sulfonamides is 1. The highest BCUT2D eigenvalue weighted by molar-refractivity contribution is 7.92. The molecule has 0 aliphatic heterocycles. The molecule has 0 saturated heterocycles. The lowest BCUT2D eigenvalue weighted by atomic mass is 10.1. The molecular weight excluding hydrogens is 478 g/mol. The van der Waals surface area contributed by atoms with Gasteiger partial charge in [-0.25, -0.2) is 8.42 Å². The van der Waals surface area contributed by atoms with Gasteiger partial charge in [-0.15, -0.1) is 0 Å². The van der Waals surface area contributed by atoms with E-state index in [4.69, 9.17) is 4.74 Å². The molecule has 1 fully saturated rings. The lowest BCUT2D eigenvalue weighted by molar-refractivity contribution is -0.139. The Kier molecular flexibility index (Phi) is 9.00. The van der Waals surface area contributed by atoms with Crippen molar-refractivity contribution in [3.63, 3.8) is 0 Å². The molecule has 1 aliphatic rings. The van der Waals surface area contributed by atoms with Crippen molar-refractivity contribution in [2.45, 2.75) is 65.1 Å². The summed E-state index contributed by atoms with van der Waals surface area (Å²) in [6, 6.07) is 12.2. The number of hydrogen-bond acceptors (Lipinski definition) is 5. The van der Waals surface area contributed by atoms with Gasteiger partial charge in [0.15, 0.2) is 0 Å². The molecule has 3 rings (SSSR count). The van der Waals surface area contributed by atoms with Gasteiger partial charge in [0, 0.05) is 12.6 Å². The number of carbonyl (C=O) groups is 2. The molecule has 0 bridgehead atoms. The smallest absolute Gasteiger partial charge is 0.244 e. The van der Waals surface area contributed by atoms with E-state index in [1.807, 2.05) is 44.2 Å². The zero-order valence-electron chi connectivity index (χ0n) is 21.8. The highest BCUT2D eigenvalue weighted by Gasteiger charge is 2.32. The Labute approximate surface area is 214 Å². The molecule has 1 aliphatic carbocycles. The number of hydrogen-bond donors (Lipinski definition) is 1. The number of amides is 2. The van der Waals surface area contributed by atoms with Crippen LogP contribution in [0.25, 0.3) is 0 Å². The first-order chi connectivity index (χ1) is 17.0. The second-order valence-corrected chi connectivity index (χ2v) is 11.5. The van der Waals surface area contributed by atoms with E-state index in [9.17, 15) is 18.0 Å². The fourth-order valence-corrected chi connectivity index (χ4v) is 5.42. The van der Waals surface area contributed by atoms with Gasteiger partial charge in [-0.05, 0) is 56.9 Å². The highest BCUT2D eigenvalue weighted by atomic mass is 32.2. The third-order valence-electron chi connectivity index (χ3n) is 6.59. The van der Waals surface area contributed by atoms with E-state index in [1.54, 1.807) is 19.1 Å². The molecule has 8 nitrogen and oxygen atoms in total. The molecule has 0 unspecified atom stereocenters. The van der Waals surface area contributed by atoms with Gasteiger partial charge < -0.3 is 15.0 Å². The topological polar surface area (TPSA) is 96.0 Å². The van der Waals surface area contributed by atoms with Crippen LogP contribution in [0.3, 0.4) is 0 Å². The molecule has 9 heteroatoms. The van der Waals surface area contributed by atoms with Crippen LogP contribution in [-0.4, -0.2) is 57.1 Å². The fourth-order valence-electron chi connectivity index (χ4n) is 4.57. The normalized spacial score (nSPS) is 14.8. The van der Waals surface area contributed by atoms with Gasteiger partial charge in [-0.1, -0.05) is 48.7 Å². The molecule has 0 heterocycles. The van der Waals surface area contributed by atoms with Crippen molar-refractivity contribution in [3.05, 3.63) is 59.2 Å². The minimum absolute atomic E-state index is 0.111. The van der Waals surface area contributed by atoms with E-state index in [0.717, 1.165) is 52.9 Å². The zero-order valence-corrected chi connectivity index (χ0v) is 22.6. The van der Waals surface area contributed by atoms with Gasteiger partial charge in [0.1, 0.15) is 18.3 Å². The monoisotopic (exact) mass is 515 g/mol. The number of methoxy groups -OCH3 is 1. The number of nitrogens with one attached hydrogen (secondary N) is 1. The quantitative estimate of drug-likeness (QED) is 0.522. The minimum Gasteiger partial charge on any atom is -0.495 e. The van der Waals surface area contributed by atoms with Gasteiger partial charge in [0.05, 0.1) is 19.1 Å². The summed E-state index contributed by atoms with van der Waals surface area (Å²) >= 11 is 0. The zero-order chi connectivity index (χ0) is 26.5. The Balaban J connectivity index is 1.93. The average Bonchev–Trinajstić information content (AvgIpc) is 3.32. The maximum Gasteiger partial charge on any atom is 0.244 e. The van der Waals surface area contributed by atoms with E-state index < -0.39 is 28.5 Å². The number of anilines is 1. The molecule has 2 aromatic carbocycles. The standard InChI is InChI=1S/C27H37N3O5S/c1-19-9-8-10-22(15-19)17-29(21(3)27(32)28-23-11-6-7-12-23)26(31)18-30(36(5,33)34)24-16-20(2)13-14-25(24)35-4/h8-10,13-16,21,23H,6-7,11-12,17-18H2,1-5H3,(H,28,32)/t21-/m1/s1. The third kappa shape index (κ3) is 7.00. The largest absolute Gasteiger partial charge is 0.495 e. The lowest BCUT2D eigenvalue weighted by Crippen LogP contribution is -2.52. The summed E-state index contributed by atoms with van der Waals surface area (Å²) in [5.41, 5.74) is 3.01. The first-order valence-electron chi connectivity index (χ1n) is 12.3. The van der Waals surface area contributed by atoms with Crippen molar-refractivity contribution in [2.24, 2.45) is 0 Å². The summed E-state index contributed by atoms with van der Waals surface area (Å²) in [6.07, 6.45) is 5.07. The summed E-state index contributed by atoms with van der Waals surface area (Å²) in [7, 11) is -2.38. The van der Waals surface area contributed by atoms with E-state index in [0.29, 0.717) is 5.75 Å². The van der Waals surface area contributed by atoms with E-state index in [1.165, 1.54) is 12.0 Å². The van der Waals surface area contributed by atoms with Crippen molar-refractivity contribution >= 4 is 27.5 Å². The van der Waals surface area contributed by atoms with Crippen LogP contribution in [0.5, 0.6) is 5.75 Å². The van der Waals surface area contributed by atoms with Gasteiger partial charge in [0.25, 0.3) is 0 Å². The van der Waals surface area contributed by atoms with Gasteiger partial charge in [-0.2, -0.15) is 0 Å². The molecule has 2 amide bonds. The summed E-state index contributed by atoms with van der Waals surface area (Å²) in [4.78, 5) is 28.3. The summed E-state index contributed by atoms with van der Waals surface area (Å²) in [6.45, 7) is 5.22. The SMILES string of the molecule is COc1ccc(C)cc1N(CC(=O)N(Cc1cccc(C)c1)[C@H](C)C(=O)NC1CCCC1)S(C)(=O)=O. The Morgan fingerprint density at radius 2 is 1.75 bits per heavy atom. The number of ether oxygens (including phenoxy) is 1. The Morgan fingerprint density at radius 1 is 1.08 bits per heavy atom. The van der Waals surface area contributed by atoms with Crippen molar-refractivity contribution in [1.82, 2.24) is 10.2 Å². The van der Waals surface area contributed by atoms with E-state index in [-0.39, 0.29) is 24.2 Å². The molecule has 1 saturated carbocycles. The molecule has 1 atom stereocenters. The Morgan fingerprint density at radius 3 is 2.36 bits per heavy atom. The van der Waals surface area contributed by atoms with Crippen molar-refractivity contribution in [3.8, 4) is 5.75 Å². The van der Waals surface area contributed by atoms with Crippen LogP contribution in [0, 0.1) is 13.8 Å². The second-order valence-electron chi connectivity index (χ2n) is 9.62. The number of benzene rings is 2. The van der Waals surface area contributed by atoms with Crippen LogP contribution in [0.4, 0.5) is 5.69 Å². The summed E-state index contributed by atoms with van der Waals surface area (Å²) in [5, 5.41) is 3.07. The summed E-state index contributed by atoms with van der Waals surface area (Å²) in [5.74, 6) is -0.363. The van der Waals surface area contributed by atoms with Crippen molar-refractivity contribution < 1.29 is 22.7 Å². The molecule has 1 N–H and O–H groups in total. The van der Waals surface area contributed by atoms with E-state index in [2.05, 4.69) is 5.32 Å². The summed E-state index contributed by atoms with van der Waals surface area (Å²) < 4.78 is 32.1. The van der Waals surface area contributed by atoms with Crippen LogP contribution in [0.1, 0.15) is 49.3 Å². The molecule has 2 aromatic rings. The third-order valence-corrected chi connectivity index (χ3v) is 7.71. The Hall–Kier alpha value is -3.07. The van der Waals surface area contributed by atoms with Crippen molar-refractivity contribution in [1.29, 1.82) is 0 Å². The first kappa shape index (κ1) is 27.5. The second kappa shape index (κ2) is 11.8. The van der Waals surface area contributed by atoms with Crippen LogP contribution in [0.2, 0.25) is 0 Å². The molecule has 0 aromatic heterocycles. The van der Waals surface area contributed by atoms with Gasteiger partial charge in [0.2, 0.25) is 21.8 Å². The molecule has 0 spiro atoms. The first-order valence-corrected chi connectivity index (χ1v) is 14.1. The number of aryl methyl sites for hydroxylation is 2.